The standard InChI is InChI=1S/2C7H12.Fe/c2*1-2-7-5-3-4-6-7;/h2*2,7H,1,3-6H2;. The zero-order valence-corrected chi connectivity index (χ0v) is 10.8. The first-order valence-electron chi connectivity index (χ1n) is 6.12. The minimum absolute atomic E-state index is 0. The van der Waals surface area contributed by atoms with Crippen molar-refractivity contribution in [1.82, 2.24) is 0 Å². The monoisotopic (exact) mass is 248 g/mol. The van der Waals surface area contributed by atoms with E-state index in [0.29, 0.717) is 0 Å². The summed E-state index contributed by atoms with van der Waals surface area (Å²) >= 11 is 0. The molecule has 88 valence electrons. The smallest absolute Gasteiger partial charge is 0 e. The molecule has 0 aromatic carbocycles. The maximum atomic E-state index is 3.74. The van der Waals surface area contributed by atoms with Crippen molar-refractivity contribution in [1.29, 1.82) is 0 Å². The SMILES string of the molecule is C=CC1CCCC1.C=CC1CCCC1.[Fe]. The zero-order chi connectivity index (χ0) is 10.2. The van der Waals surface area contributed by atoms with Crippen LogP contribution in [0.2, 0.25) is 0 Å². The van der Waals surface area contributed by atoms with E-state index in [0.717, 1.165) is 11.8 Å². The van der Waals surface area contributed by atoms with Gasteiger partial charge in [0.25, 0.3) is 0 Å². The Hall–Kier alpha value is -0.000519. The summed E-state index contributed by atoms with van der Waals surface area (Å²) in [6, 6.07) is 0. The molecule has 15 heavy (non-hydrogen) atoms. The maximum Gasteiger partial charge on any atom is 0 e. The molecule has 2 aliphatic rings. The van der Waals surface area contributed by atoms with Gasteiger partial charge in [0.05, 0.1) is 0 Å². The topological polar surface area (TPSA) is 0 Å². The van der Waals surface area contributed by atoms with Gasteiger partial charge in [-0.25, -0.2) is 0 Å². The van der Waals surface area contributed by atoms with E-state index >= 15 is 0 Å². The fourth-order valence-corrected chi connectivity index (χ4v) is 2.39. The van der Waals surface area contributed by atoms with Gasteiger partial charge in [0.1, 0.15) is 0 Å². The van der Waals surface area contributed by atoms with Crippen molar-refractivity contribution < 1.29 is 17.1 Å². The van der Waals surface area contributed by atoms with E-state index in [-0.39, 0.29) is 17.1 Å². The Balaban J connectivity index is 0.000000245. The fraction of sp³-hybridized carbons (Fsp3) is 0.714. The van der Waals surface area contributed by atoms with Gasteiger partial charge in [0.15, 0.2) is 0 Å². The molecule has 0 saturated heterocycles. The van der Waals surface area contributed by atoms with Crippen LogP contribution in [0.15, 0.2) is 25.3 Å². The fourth-order valence-electron chi connectivity index (χ4n) is 2.39. The Kier molecular flexibility index (Phi) is 9.24. The second-order valence-electron chi connectivity index (χ2n) is 4.56. The Bertz CT molecular complexity index is 142. The van der Waals surface area contributed by atoms with E-state index in [1.165, 1.54) is 51.4 Å². The summed E-state index contributed by atoms with van der Waals surface area (Å²) in [6.07, 6.45) is 15.5. The first-order valence-corrected chi connectivity index (χ1v) is 6.12. The van der Waals surface area contributed by atoms with Gasteiger partial charge >= 0.3 is 0 Å². The second-order valence-corrected chi connectivity index (χ2v) is 4.56. The summed E-state index contributed by atoms with van der Waals surface area (Å²) in [6.45, 7) is 7.49. The minimum atomic E-state index is 0. The quantitative estimate of drug-likeness (QED) is 0.490. The molecule has 0 spiro atoms. The van der Waals surface area contributed by atoms with Crippen LogP contribution in [-0.4, -0.2) is 0 Å². The molecule has 2 aliphatic carbocycles. The van der Waals surface area contributed by atoms with E-state index in [2.05, 4.69) is 25.3 Å². The molecular weight excluding hydrogens is 224 g/mol. The molecule has 0 radical (unpaired) electrons. The zero-order valence-electron chi connectivity index (χ0n) is 9.73. The number of hydrogen-bond donors (Lipinski definition) is 0. The largest absolute Gasteiger partial charge is 0.103 e. The van der Waals surface area contributed by atoms with Gasteiger partial charge in [-0.15, -0.1) is 13.2 Å². The van der Waals surface area contributed by atoms with Crippen molar-refractivity contribution in [3.63, 3.8) is 0 Å². The summed E-state index contributed by atoms with van der Waals surface area (Å²) < 4.78 is 0. The predicted molar refractivity (Wildman–Crippen MR) is 64.3 cm³/mol. The normalized spacial score (nSPS) is 21.3. The summed E-state index contributed by atoms with van der Waals surface area (Å²) in [4.78, 5) is 0. The van der Waals surface area contributed by atoms with Crippen molar-refractivity contribution in [3.8, 4) is 0 Å². The van der Waals surface area contributed by atoms with Crippen molar-refractivity contribution in [3.05, 3.63) is 25.3 Å². The van der Waals surface area contributed by atoms with Crippen molar-refractivity contribution in [2.75, 3.05) is 0 Å². The van der Waals surface area contributed by atoms with Gasteiger partial charge in [-0.1, -0.05) is 37.8 Å². The molecule has 0 bridgehead atoms. The van der Waals surface area contributed by atoms with Crippen LogP contribution in [0.3, 0.4) is 0 Å². The molecule has 0 N–H and O–H groups in total. The third kappa shape index (κ3) is 6.22. The molecule has 0 aromatic rings. The molecule has 0 heterocycles. The molecule has 0 atom stereocenters. The van der Waals surface area contributed by atoms with Crippen molar-refractivity contribution >= 4 is 0 Å². The average Bonchev–Trinajstić information content (AvgIpc) is 2.92. The van der Waals surface area contributed by atoms with Crippen LogP contribution in [0.1, 0.15) is 51.4 Å². The van der Waals surface area contributed by atoms with E-state index < -0.39 is 0 Å². The van der Waals surface area contributed by atoms with Crippen molar-refractivity contribution in [2.45, 2.75) is 51.4 Å². The van der Waals surface area contributed by atoms with Crippen LogP contribution < -0.4 is 0 Å². The van der Waals surface area contributed by atoms with Gasteiger partial charge in [0, 0.05) is 17.1 Å². The molecule has 0 nitrogen and oxygen atoms in total. The van der Waals surface area contributed by atoms with E-state index in [1.807, 2.05) is 0 Å². The van der Waals surface area contributed by atoms with E-state index in [4.69, 9.17) is 0 Å². The molecule has 0 unspecified atom stereocenters. The summed E-state index contributed by atoms with van der Waals surface area (Å²) in [5.74, 6) is 1.72. The van der Waals surface area contributed by atoms with Gasteiger partial charge in [-0.3, -0.25) is 0 Å². The first kappa shape index (κ1) is 15.0. The van der Waals surface area contributed by atoms with Gasteiger partial charge in [-0.05, 0) is 37.5 Å². The third-order valence-electron chi connectivity index (χ3n) is 3.47. The van der Waals surface area contributed by atoms with E-state index in [1.54, 1.807) is 0 Å². The third-order valence-corrected chi connectivity index (χ3v) is 3.47. The van der Waals surface area contributed by atoms with Crippen LogP contribution in [0, 0.1) is 11.8 Å². The molecule has 0 aromatic heterocycles. The van der Waals surface area contributed by atoms with Crippen LogP contribution >= 0.6 is 0 Å². The number of allylic oxidation sites excluding steroid dienone is 2. The van der Waals surface area contributed by atoms with Crippen LogP contribution in [0.25, 0.3) is 0 Å². The Morgan fingerprint density at radius 1 is 0.667 bits per heavy atom. The number of rotatable bonds is 2. The minimum Gasteiger partial charge on any atom is -0.103 e. The number of hydrogen-bond acceptors (Lipinski definition) is 0. The predicted octanol–water partition coefficient (Wildman–Crippen LogP) is 4.72. The van der Waals surface area contributed by atoms with Gasteiger partial charge in [0.2, 0.25) is 0 Å². The maximum absolute atomic E-state index is 3.74. The summed E-state index contributed by atoms with van der Waals surface area (Å²) in [7, 11) is 0. The molecular formula is C14H24Fe. The summed E-state index contributed by atoms with van der Waals surface area (Å²) in [5, 5.41) is 0. The molecule has 2 rings (SSSR count). The average molecular weight is 248 g/mol. The van der Waals surface area contributed by atoms with Crippen molar-refractivity contribution in [2.24, 2.45) is 11.8 Å². The molecule has 2 saturated carbocycles. The Morgan fingerprint density at radius 2 is 0.933 bits per heavy atom. The van der Waals surface area contributed by atoms with E-state index in [9.17, 15) is 0 Å². The van der Waals surface area contributed by atoms with Crippen LogP contribution in [0.5, 0.6) is 0 Å². The molecule has 1 heteroatoms. The summed E-state index contributed by atoms with van der Waals surface area (Å²) in [5.41, 5.74) is 0. The molecule has 0 aliphatic heterocycles. The van der Waals surface area contributed by atoms with Gasteiger partial charge in [-0.2, -0.15) is 0 Å². The van der Waals surface area contributed by atoms with Crippen LogP contribution in [0.4, 0.5) is 0 Å². The molecule has 2 fully saturated rings. The first-order chi connectivity index (χ1) is 6.86. The second kappa shape index (κ2) is 9.24. The Labute approximate surface area is 106 Å². The molecule has 0 amide bonds. The van der Waals surface area contributed by atoms with Gasteiger partial charge < -0.3 is 0 Å². The Morgan fingerprint density at radius 3 is 1.07 bits per heavy atom. The van der Waals surface area contributed by atoms with Crippen LogP contribution in [-0.2, 0) is 17.1 Å².